The normalized spacial score (nSPS) is 26.5. The summed E-state index contributed by atoms with van der Waals surface area (Å²) in [6.45, 7) is 3.89. The summed E-state index contributed by atoms with van der Waals surface area (Å²) in [5.41, 5.74) is 0. The van der Waals surface area contributed by atoms with Gasteiger partial charge >= 0.3 is 0 Å². The van der Waals surface area contributed by atoms with Gasteiger partial charge in [-0.15, -0.1) is 0 Å². The zero-order chi connectivity index (χ0) is 15.6. The molecular weight excluding hydrogens is 289 g/mol. The smallest absolute Gasteiger partial charge is 0.241 e. The second-order valence-electron chi connectivity index (χ2n) is 5.87. The highest BCUT2D eigenvalue weighted by atomic mass is 32.2. The third-order valence-electron chi connectivity index (χ3n) is 4.63. The SMILES string of the molecule is [B]N1CCC(N2CCCC(N(C)S(=O)(=O)CC)C2=O)CC1. The third-order valence-corrected chi connectivity index (χ3v) is 6.49. The van der Waals surface area contributed by atoms with Crippen LogP contribution in [0.3, 0.4) is 0 Å². The van der Waals surface area contributed by atoms with E-state index in [-0.39, 0.29) is 17.7 Å². The Kier molecular flexibility index (Phi) is 5.32. The molecule has 1 atom stereocenters. The first-order valence-electron chi connectivity index (χ1n) is 7.62. The number of carbonyl (C=O) groups excluding carboxylic acids is 1. The van der Waals surface area contributed by atoms with Crippen molar-refractivity contribution in [2.45, 2.75) is 44.7 Å². The van der Waals surface area contributed by atoms with E-state index < -0.39 is 16.1 Å². The Morgan fingerprint density at radius 3 is 2.43 bits per heavy atom. The van der Waals surface area contributed by atoms with Gasteiger partial charge in [0.05, 0.1) is 5.75 Å². The molecule has 2 heterocycles. The Balaban J connectivity index is 2.08. The Hall–Kier alpha value is -0.595. The van der Waals surface area contributed by atoms with Gasteiger partial charge in [-0.2, -0.15) is 4.31 Å². The summed E-state index contributed by atoms with van der Waals surface area (Å²) in [5.74, 6) is -0.0185. The van der Waals surface area contributed by atoms with E-state index in [1.165, 1.54) is 11.4 Å². The fourth-order valence-corrected chi connectivity index (χ4v) is 4.17. The molecule has 2 fully saturated rings. The number of nitrogens with zero attached hydrogens (tertiary/aromatic N) is 3. The molecule has 0 bridgehead atoms. The van der Waals surface area contributed by atoms with Gasteiger partial charge in [0, 0.05) is 19.6 Å². The predicted octanol–water partition coefficient (Wildman–Crippen LogP) is -0.193. The highest BCUT2D eigenvalue weighted by Crippen LogP contribution is 2.24. The maximum absolute atomic E-state index is 12.7. The van der Waals surface area contributed by atoms with Crippen molar-refractivity contribution in [3.05, 3.63) is 0 Å². The summed E-state index contributed by atoms with van der Waals surface area (Å²) in [7, 11) is 3.94. The predicted molar refractivity (Wildman–Crippen MR) is 82.3 cm³/mol. The van der Waals surface area contributed by atoms with Crippen molar-refractivity contribution in [2.75, 3.05) is 32.4 Å². The average molecular weight is 313 g/mol. The van der Waals surface area contributed by atoms with Crippen LogP contribution in [0.4, 0.5) is 0 Å². The van der Waals surface area contributed by atoms with Crippen LogP contribution < -0.4 is 0 Å². The third kappa shape index (κ3) is 3.60. The number of sulfonamides is 1. The quantitative estimate of drug-likeness (QED) is 0.675. The fraction of sp³-hybridized carbons (Fsp3) is 0.923. The first-order valence-corrected chi connectivity index (χ1v) is 9.23. The van der Waals surface area contributed by atoms with Crippen LogP contribution in [-0.4, -0.2) is 80.8 Å². The molecular formula is C13H24BN3O3S. The molecule has 2 aliphatic heterocycles. The van der Waals surface area contributed by atoms with Crippen molar-refractivity contribution in [1.82, 2.24) is 14.0 Å². The van der Waals surface area contributed by atoms with E-state index in [0.29, 0.717) is 6.42 Å². The van der Waals surface area contributed by atoms with Gasteiger partial charge in [0.2, 0.25) is 15.9 Å². The largest absolute Gasteiger partial charge is 0.353 e. The highest BCUT2D eigenvalue weighted by molar-refractivity contribution is 7.89. The van der Waals surface area contributed by atoms with E-state index in [0.717, 1.165) is 38.9 Å². The monoisotopic (exact) mass is 313 g/mol. The summed E-state index contributed by atoms with van der Waals surface area (Å²) in [6.07, 6.45) is 3.18. The maximum Gasteiger partial charge on any atom is 0.241 e. The zero-order valence-electron chi connectivity index (χ0n) is 12.9. The number of likely N-dealkylation sites (N-methyl/N-ethyl adjacent to an activating group) is 1. The van der Waals surface area contributed by atoms with Gasteiger partial charge in [-0.1, -0.05) is 0 Å². The lowest BCUT2D eigenvalue weighted by atomic mass is 9.96. The topological polar surface area (TPSA) is 60.9 Å². The summed E-state index contributed by atoms with van der Waals surface area (Å²) in [6, 6.07) is -0.350. The van der Waals surface area contributed by atoms with Crippen LogP contribution in [0.5, 0.6) is 0 Å². The van der Waals surface area contributed by atoms with E-state index in [9.17, 15) is 13.2 Å². The number of amides is 1. The van der Waals surface area contributed by atoms with E-state index in [4.69, 9.17) is 7.98 Å². The van der Waals surface area contributed by atoms with Gasteiger partial charge in [-0.3, -0.25) is 4.79 Å². The van der Waals surface area contributed by atoms with Crippen molar-refractivity contribution in [1.29, 1.82) is 0 Å². The molecule has 0 N–H and O–H groups in total. The number of piperidine rings is 2. The molecule has 2 aliphatic rings. The lowest BCUT2D eigenvalue weighted by Crippen LogP contribution is -2.57. The number of rotatable bonds is 4. The van der Waals surface area contributed by atoms with Crippen molar-refractivity contribution in [3.63, 3.8) is 0 Å². The summed E-state index contributed by atoms with van der Waals surface area (Å²) in [4.78, 5) is 16.3. The minimum Gasteiger partial charge on any atom is -0.353 e. The molecule has 118 valence electrons. The van der Waals surface area contributed by atoms with Crippen LogP contribution in [0.15, 0.2) is 0 Å². The molecule has 8 heteroatoms. The van der Waals surface area contributed by atoms with Crippen LogP contribution in [-0.2, 0) is 14.8 Å². The fourth-order valence-electron chi connectivity index (χ4n) is 3.17. The number of hydrogen-bond donors (Lipinski definition) is 0. The maximum atomic E-state index is 12.7. The van der Waals surface area contributed by atoms with E-state index in [1.807, 2.05) is 4.90 Å². The summed E-state index contributed by atoms with van der Waals surface area (Å²) in [5, 5.41) is 0. The van der Waals surface area contributed by atoms with Gasteiger partial charge in [0.1, 0.15) is 6.04 Å². The van der Waals surface area contributed by atoms with Crippen LogP contribution in [0, 0.1) is 0 Å². The molecule has 2 rings (SSSR count). The lowest BCUT2D eigenvalue weighted by Gasteiger charge is -2.43. The summed E-state index contributed by atoms with van der Waals surface area (Å²) >= 11 is 0. The number of hydrogen-bond acceptors (Lipinski definition) is 4. The first kappa shape index (κ1) is 16.8. The molecule has 1 amide bonds. The second-order valence-corrected chi connectivity index (χ2v) is 8.19. The summed E-state index contributed by atoms with van der Waals surface area (Å²) < 4.78 is 25.3. The Morgan fingerprint density at radius 1 is 1.24 bits per heavy atom. The number of carbonyl (C=O) groups is 1. The van der Waals surface area contributed by atoms with Gasteiger partial charge in [0.25, 0.3) is 0 Å². The lowest BCUT2D eigenvalue weighted by molar-refractivity contribution is -0.141. The van der Waals surface area contributed by atoms with Crippen molar-refractivity contribution in [3.8, 4) is 0 Å². The molecule has 0 saturated carbocycles. The zero-order valence-corrected chi connectivity index (χ0v) is 13.7. The molecule has 0 aromatic rings. The molecule has 0 aliphatic carbocycles. The molecule has 0 spiro atoms. The molecule has 2 saturated heterocycles. The van der Waals surface area contributed by atoms with Crippen LogP contribution in [0.25, 0.3) is 0 Å². The van der Waals surface area contributed by atoms with E-state index >= 15 is 0 Å². The molecule has 21 heavy (non-hydrogen) atoms. The molecule has 0 aromatic heterocycles. The van der Waals surface area contributed by atoms with Gasteiger partial charge in [-0.05, 0) is 45.7 Å². The Morgan fingerprint density at radius 2 is 1.86 bits per heavy atom. The molecule has 0 aromatic carbocycles. The number of likely N-dealkylation sites (tertiary alicyclic amines) is 1. The molecule has 2 radical (unpaired) electrons. The van der Waals surface area contributed by atoms with E-state index in [1.54, 1.807) is 11.7 Å². The average Bonchev–Trinajstić information content (AvgIpc) is 2.48. The van der Waals surface area contributed by atoms with Crippen LogP contribution in [0.2, 0.25) is 0 Å². The van der Waals surface area contributed by atoms with Gasteiger partial charge < -0.3 is 9.71 Å². The van der Waals surface area contributed by atoms with Gasteiger partial charge in [0.15, 0.2) is 7.98 Å². The van der Waals surface area contributed by atoms with Gasteiger partial charge in [-0.25, -0.2) is 8.42 Å². The van der Waals surface area contributed by atoms with E-state index in [2.05, 4.69) is 0 Å². The molecule has 1 unspecified atom stereocenters. The van der Waals surface area contributed by atoms with Crippen molar-refractivity contribution >= 4 is 23.9 Å². The first-order chi connectivity index (χ1) is 9.86. The highest BCUT2D eigenvalue weighted by Gasteiger charge is 2.39. The second kappa shape index (κ2) is 6.66. The standard InChI is InChI=1S/C13H24BN3O3S/c1-3-21(19,20)15(2)12-5-4-8-17(13(12)18)11-6-9-16(14)10-7-11/h11-12H,3-10H2,1-2H3. The minimum absolute atomic E-state index is 0.0266. The van der Waals surface area contributed by atoms with Crippen LogP contribution >= 0.6 is 0 Å². The van der Waals surface area contributed by atoms with Crippen molar-refractivity contribution < 1.29 is 13.2 Å². The molecule has 6 nitrogen and oxygen atoms in total. The van der Waals surface area contributed by atoms with Crippen LogP contribution in [0.1, 0.15) is 32.6 Å². The van der Waals surface area contributed by atoms with Crippen molar-refractivity contribution in [2.24, 2.45) is 0 Å². The Bertz CT molecular complexity index is 477. The Labute approximate surface area is 128 Å². The minimum atomic E-state index is -3.34.